The maximum absolute atomic E-state index is 11.7. The zero-order chi connectivity index (χ0) is 21.0. The summed E-state index contributed by atoms with van der Waals surface area (Å²) in [6, 6.07) is 0. The highest BCUT2D eigenvalue weighted by atomic mass is 16.3. The Morgan fingerprint density at radius 3 is 1.21 bits per heavy atom. The van der Waals surface area contributed by atoms with Crippen molar-refractivity contribution < 1.29 is 30.0 Å². The van der Waals surface area contributed by atoms with Crippen molar-refractivity contribution >= 4 is 11.8 Å². The van der Waals surface area contributed by atoms with Crippen molar-refractivity contribution in [2.45, 2.75) is 12.8 Å². The third-order valence-electron chi connectivity index (χ3n) is 3.95. The molecule has 0 radical (unpaired) electrons. The van der Waals surface area contributed by atoms with Crippen molar-refractivity contribution in [3.63, 3.8) is 0 Å². The molecule has 10 heteroatoms. The van der Waals surface area contributed by atoms with Gasteiger partial charge < -0.3 is 31.1 Å². The van der Waals surface area contributed by atoms with Crippen LogP contribution in [0.5, 0.6) is 0 Å². The number of hydrogen-bond acceptors (Lipinski definition) is 8. The van der Waals surface area contributed by atoms with Gasteiger partial charge in [0.05, 0.1) is 26.4 Å². The van der Waals surface area contributed by atoms with E-state index >= 15 is 0 Å². The highest BCUT2D eigenvalue weighted by Crippen LogP contribution is 1.91. The topological polar surface area (TPSA) is 146 Å². The van der Waals surface area contributed by atoms with Crippen molar-refractivity contribution in [3.05, 3.63) is 12.2 Å². The summed E-state index contributed by atoms with van der Waals surface area (Å²) in [6.07, 6.45) is 3.70. The molecule has 0 fully saturated rings. The molecule has 0 heterocycles. The van der Waals surface area contributed by atoms with E-state index in [1.165, 1.54) is 12.2 Å². The maximum atomic E-state index is 11.7. The molecule has 0 aromatic rings. The number of nitrogens with zero attached hydrogens (tertiary/aromatic N) is 2. The van der Waals surface area contributed by atoms with E-state index in [4.69, 9.17) is 20.4 Å². The molecule has 0 spiro atoms. The molecule has 0 aromatic heterocycles. The molecule has 6 N–H and O–H groups in total. The molecule has 2 amide bonds. The van der Waals surface area contributed by atoms with Crippen LogP contribution in [0.4, 0.5) is 0 Å². The van der Waals surface area contributed by atoms with Gasteiger partial charge in [-0.05, 0) is 25.9 Å². The number of hydrogen-bond donors (Lipinski definition) is 6. The molecule has 0 unspecified atom stereocenters. The molecule has 0 saturated heterocycles. The van der Waals surface area contributed by atoms with Crippen LogP contribution in [0, 0.1) is 0 Å². The molecule has 0 saturated carbocycles. The minimum atomic E-state index is -0.358. The molecular weight excluding hydrogens is 368 g/mol. The Morgan fingerprint density at radius 1 is 0.607 bits per heavy atom. The highest BCUT2D eigenvalue weighted by molar-refractivity contribution is 5.96. The van der Waals surface area contributed by atoms with Crippen LogP contribution in [0.3, 0.4) is 0 Å². The second-order valence-corrected chi connectivity index (χ2v) is 6.20. The highest BCUT2D eigenvalue weighted by Gasteiger charge is 2.05. The summed E-state index contributed by atoms with van der Waals surface area (Å²) in [4.78, 5) is 27.2. The van der Waals surface area contributed by atoms with Crippen molar-refractivity contribution in [1.29, 1.82) is 0 Å². The Balaban J connectivity index is 3.87. The van der Waals surface area contributed by atoms with Crippen LogP contribution < -0.4 is 10.6 Å². The van der Waals surface area contributed by atoms with Gasteiger partial charge in [0.15, 0.2) is 0 Å². The molecule has 0 aliphatic carbocycles. The zero-order valence-electron chi connectivity index (χ0n) is 16.6. The standard InChI is InChI=1S/C18H36N4O6/c23-13-9-21(10-14-24)7-1-5-19-17(27)3-4-18(28)20-6-2-8-22(11-15-25)12-16-26/h3-4,23-26H,1-2,5-16H2,(H,19,27)(H,20,28)/b4-3-. The molecule has 0 atom stereocenters. The summed E-state index contributed by atoms with van der Waals surface area (Å²) >= 11 is 0. The summed E-state index contributed by atoms with van der Waals surface area (Å²) in [5, 5.41) is 41.0. The predicted molar refractivity (Wildman–Crippen MR) is 106 cm³/mol. The van der Waals surface area contributed by atoms with Gasteiger partial charge in [-0.1, -0.05) is 0 Å². The van der Waals surface area contributed by atoms with Crippen molar-refractivity contribution in [2.24, 2.45) is 0 Å². The van der Waals surface area contributed by atoms with Gasteiger partial charge in [0.1, 0.15) is 0 Å². The van der Waals surface area contributed by atoms with E-state index in [0.29, 0.717) is 65.2 Å². The van der Waals surface area contributed by atoms with Crippen LogP contribution in [0.25, 0.3) is 0 Å². The average molecular weight is 405 g/mol. The minimum Gasteiger partial charge on any atom is -0.395 e. The quantitative estimate of drug-likeness (QED) is 0.106. The largest absolute Gasteiger partial charge is 0.395 e. The molecule has 0 aliphatic heterocycles. The summed E-state index contributed by atoms with van der Waals surface area (Å²) in [7, 11) is 0. The lowest BCUT2D eigenvalue weighted by Crippen LogP contribution is -2.33. The Hall–Kier alpha value is -1.56. The van der Waals surface area contributed by atoms with Gasteiger partial charge in [-0.15, -0.1) is 0 Å². The van der Waals surface area contributed by atoms with E-state index in [1.807, 2.05) is 9.80 Å². The third kappa shape index (κ3) is 15.5. The molecule has 164 valence electrons. The molecule has 28 heavy (non-hydrogen) atoms. The molecule has 0 aliphatic rings. The number of rotatable bonds is 18. The van der Waals surface area contributed by atoms with Crippen LogP contribution >= 0.6 is 0 Å². The van der Waals surface area contributed by atoms with E-state index < -0.39 is 0 Å². The summed E-state index contributed by atoms with van der Waals surface area (Å²) in [5.74, 6) is -0.717. The first-order valence-corrected chi connectivity index (χ1v) is 9.69. The Kier molecular flexibility index (Phi) is 17.7. The van der Waals surface area contributed by atoms with E-state index in [9.17, 15) is 9.59 Å². The lowest BCUT2D eigenvalue weighted by molar-refractivity contribution is -0.118. The van der Waals surface area contributed by atoms with Gasteiger partial charge in [-0.3, -0.25) is 19.4 Å². The second-order valence-electron chi connectivity index (χ2n) is 6.20. The number of aliphatic hydroxyl groups is 4. The van der Waals surface area contributed by atoms with Gasteiger partial charge >= 0.3 is 0 Å². The number of amides is 2. The monoisotopic (exact) mass is 404 g/mol. The van der Waals surface area contributed by atoms with Crippen LogP contribution in [-0.2, 0) is 9.59 Å². The Morgan fingerprint density at radius 2 is 0.929 bits per heavy atom. The van der Waals surface area contributed by atoms with Crippen molar-refractivity contribution in [1.82, 2.24) is 20.4 Å². The van der Waals surface area contributed by atoms with E-state index in [0.717, 1.165) is 0 Å². The van der Waals surface area contributed by atoms with Crippen molar-refractivity contribution in [3.8, 4) is 0 Å². The fourth-order valence-electron chi connectivity index (χ4n) is 2.53. The third-order valence-corrected chi connectivity index (χ3v) is 3.95. The lowest BCUT2D eigenvalue weighted by atomic mass is 10.3. The normalized spacial score (nSPS) is 11.5. The number of carbonyl (C=O) groups is 2. The summed E-state index contributed by atoms with van der Waals surface area (Å²) in [5.41, 5.74) is 0. The minimum absolute atomic E-state index is 0.0190. The number of nitrogens with one attached hydrogen (secondary N) is 2. The van der Waals surface area contributed by atoms with Crippen LogP contribution in [-0.4, -0.2) is 121 Å². The number of aliphatic hydroxyl groups excluding tert-OH is 4. The SMILES string of the molecule is O=C(/C=C\C(=O)NCCCN(CCO)CCO)NCCCN(CCO)CCO. The summed E-state index contributed by atoms with van der Waals surface area (Å²) in [6.45, 7) is 4.15. The average Bonchev–Trinajstić information content (AvgIpc) is 2.67. The molecule has 0 rings (SSSR count). The molecule has 0 bridgehead atoms. The fraction of sp³-hybridized carbons (Fsp3) is 0.778. The first kappa shape index (κ1) is 26.4. The van der Waals surface area contributed by atoms with E-state index in [1.54, 1.807) is 0 Å². The fourth-order valence-corrected chi connectivity index (χ4v) is 2.53. The lowest BCUT2D eigenvalue weighted by Gasteiger charge is -2.19. The van der Waals surface area contributed by atoms with Crippen LogP contribution in [0.1, 0.15) is 12.8 Å². The number of carbonyl (C=O) groups excluding carboxylic acids is 2. The first-order chi connectivity index (χ1) is 13.6. The van der Waals surface area contributed by atoms with Gasteiger partial charge in [-0.25, -0.2) is 0 Å². The first-order valence-electron chi connectivity index (χ1n) is 9.69. The Labute approximate surface area is 166 Å². The summed E-state index contributed by atoms with van der Waals surface area (Å²) < 4.78 is 0. The zero-order valence-corrected chi connectivity index (χ0v) is 16.6. The van der Waals surface area contributed by atoms with Gasteiger partial charge in [0.2, 0.25) is 11.8 Å². The van der Waals surface area contributed by atoms with E-state index in [2.05, 4.69) is 10.6 Å². The smallest absolute Gasteiger partial charge is 0.244 e. The van der Waals surface area contributed by atoms with Crippen molar-refractivity contribution in [2.75, 3.05) is 78.8 Å². The van der Waals surface area contributed by atoms with Gasteiger partial charge in [0, 0.05) is 51.4 Å². The van der Waals surface area contributed by atoms with Gasteiger partial charge in [0.25, 0.3) is 0 Å². The molecule has 10 nitrogen and oxygen atoms in total. The second kappa shape index (κ2) is 18.8. The Bertz CT molecular complexity index is 386. The van der Waals surface area contributed by atoms with Crippen LogP contribution in [0.2, 0.25) is 0 Å². The van der Waals surface area contributed by atoms with Gasteiger partial charge in [-0.2, -0.15) is 0 Å². The van der Waals surface area contributed by atoms with E-state index in [-0.39, 0.29) is 38.2 Å². The predicted octanol–water partition coefficient (Wildman–Crippen LogP) is -2.87. The molecule has 0 aromatic carbocycles. The maximum Gasteiger partial charge on any atom is 0.244 e. The molecular formula is C18H36N4O6. The van der Waals surface area contributed by atoms with Crippen LogP contribution in [0.15, 0.2) is 12.2 Å².